The second-order valence-electron chi connectivity index (χ2n) is 8.74. The van der Waals surface area contributed by atoms with E-state index in [0.717, 1.165) is 10.9 Å². The number of ether oxygens (including phenoxy) is 3. The molecule has 3 heterocycles. The molecular weight excluding hydrogens is 510 g/mol. The van der Waals surface area contributed by atoms with Crippen LogP contribution in [0.15, 0.2) is 90.1 Å². The first kappa shape index (κ1) is 26.2. The first-order valence-corrected chi connectivity index (χ1v) is 12.4. The molecule has 0 unspecified atom stereocenters. The molecule has 0 saturated heterocycles. The van der Waals surface area contributed by atoms with Crippen LogP contribution >= 0.6 is 0 Å². The van der Waals surface area contributed by atoms with Crippen LogP contribution in [0.1, 0.15) is 15.9 Å². The topological polar surface area (TPSA) is 117 Å². The molecule has 202 valence electrons. The van der Waals surface area contributed by atoms with Crippen molar-refractivity contribution < 1.29 is 19.0 Å². The number of rotatable bonds is 9. The van der Waals surface area contributed by atoms with Crippen LogP contribution < -0.4 is 30.4 Å². The predicted molar refractivity (Wildman–Crippen MR) is 153 cm³/mol. The maximum Gasteiger partial charge on any atom is 0.265 e. The fourth-order valence-corrected chi connectivity index (χ4v) is 4.26. The van der Waals surface area contributed by atoms with E-state index in [4.69, 9.17) is 14.2 Å². The van der Waals surface area contributed by atoms with E-state index in [1.165, 1.54) is 10.8 Å². The number of anilines is 2. The monoisotopic (exact) mass is 537 g/mol. The lowest BCUT2D eigenvalue weighted by Crippen LogP contribution is -2.30. The van der Waals surface area contributed by atoms with Crippen LogP contribution in [0.2, 0.25) is 0 Å². The molecule has 2 N–H and O–H groups in total. The van der Waals surface area contributed by atoms with E-state index >= 15 is 0 Å². The van der Waals surface area contributed by atoms with Crippen molar-refractivity contribution in [2.24, 2.45) is 0 Å². The molecule has 0 aliphatic heterocycles. The molecule has 0 spiro atoms. The Morgan fingerprint density at radius 3 is 2.40 bits per heavy atom. The van der Waals surface area contributed by atoms with Crippen molar-refractivity contribution >= 4 is 28.3 Å². The second-order valence-corrected chi connectivity index (χ2v) is 8.74. The SMILES string of the molecule is CNc1ccn(Cc2ccccc2)c(=O)c1C(=O)Nc1ccc(Oc2ccnc3cc(OC)c(OC)cc23)cn1. The fraction of sp³-hybridized carbons (Fsp3) is 0.133. The molecule has 1 amide bonds. The number of nitrogens with zero attached hydrogens (tertiary/aromatic N) is 3. The molecule has 0 aliphatic carbocycles. The van der Waals surface area contributed by atoms with Crippen molar-refractivity contribution in [2.45, 2.75) is 6.54 Å². The Morgan fingerprint density at radius 1 is 0.925 bits per heavy atom. The smallest absolute Gasteiger partial charge is 0.265 e. The van der Waals surface area contributed by atoms with Gasteiger partial charge in [-0.05, 0) is 35.9 Å². The number of hydrogen-bond donors (Lipinski definition) is 2. The van der Waals surface area contributed by atoms with Crippen LogP contribution in [0, 0.1) is 0 Å². The molecule has 0 saturated carbocycles. The van der Waals surface area contributed by atoms with E-state index in [0.29, 0.717) is 40.7 Å². The van der Waals surface area contributed by atoms with Crippen molar-refractivity contribution in [3.63, 3.8) is 0 Å². The van der Waals surface area contributed by atoms with Crippen molar-refractivity contribution in [3.8, 4) is 23.0 Å². The number of carbonyl (C=O) groups excluding carboxylic acids is 1. The summed E-state index contributed by atoms with van der Waals surface area (Å²) in [5.41, 5.74) is 1.63. The minimum absolute atomic E-state index is 0.00399. The number of benzene rings is 2. The number of hydrogen-bond acceptors (Lipinski definition) is 8. The summed E-state index contributed by atoms with van der Waals surface area (Å²) in [6.45, 7) is 0.344. The van der Waals surface area contributed by atoms with Gasteiger partial charge >= 0.3 is 0 Å². The van der Waals surface area contributed by atoms with Gasteiger partial charge in [0.2, 0.25) is 0 Å². The van der Waals surface area contributed by atoms with Gasteiger partial charge in [-0.3, -0.25) is 14.6 Å². The summed E-state index contributed by atoms with van der Waals surface area (Å²) in [4.78, 5) is 35.1. The maximum absolute atomic E-state index is 13.2. The zero-order chi connectivity index (χ0) is 28.1. The lowest BCUT2D eigenvalue weighted by molar-refractivity contribution is 0.102. The molecule has 5 aromatic rings. The summed E-state index contributed by atoms with van der Waals surface area (Å²) in [7, 11) is 4.78. The zero-order valence-corrected chi connectivity index (χ0v) is 22.2. The van der Waals surface area contributed by atoms with Crippen LogP contribution in [0.3, 0.4) is 0 Å². The van der Waals surface area contributed by atoms with Crippen molar-refractivity contribution in [2.75, 3.05) is 31.9 Å². The molecule has 0 bridgehead atoms. The van der Waals surface area contributed by atoms with E-state index in [1.807, 2.05) is 30.3 Å². The van der Waals surface area contributed by atoms with Crippen molar-refractivity contribution in [3.05, 3.63) is 107 Å². The summed E-state index contributed by atoms with van der Waals surface area (Å²) < 4.78 is 18.3. The zero-order valence-electron chi connectivity index (χ0n) is 22.2. The minimum atomic E-state index is -0.570. The van der Waals surface area contributed by atoms with Crippen LogP contribution in [0.4, 0.5) is 11.5 Å². The van der Waals surface area contributed by atoms with Crippen LogP contribution in [0.25, 0.3) is 10.9 Å². The van der Waals surface area contributed by atoms with Gasteiger partial charge in [-0.1, -0.05) is 30.3 Å². The summed E-state index contributed by atoms with van der Waals surface area (Å²) >= 11 is 0. The van der Waals surface area contributed by atoms with Crippen LogP contribution in [0.5, 0.6) is 23.0 Å². The lowest BCUT2D eigenvalue weighted by Gasteiger charge is -2.13. The lowest BCUT2D eigenvalue weighted by atomic mass is 10.2. The van der Waals surface area contributed by atoms with Gasteiger partial charge in [-0.2, -0.15) is 0 Å². The van der Waals surface area contributed by atoms with Crippen molar-refractivity contribution in [1.82, 2.24) is 14.5 Å². The minimum Gasteiger partial charge on any atom is -0.493 e. The number of nitrogens with one attached hydrogen (secondary N) is 2. The van der Waals surface area contributed by atoms with Gasteiger partial charge in [-0.25, -0.2) is 4.98 Å². The molecule has 5 rings (SSSR count). The number of aromatic nitrogens is 3. The highest BCUT2D eigenvalue weighted by Crippen LogP contribution is 2.36. The number of methoxy groups -OCH3 is 2. The number of carbonyl (C=O) groups is 1. The quantitative estimate of drug-likeness (QED) is 0.272. The van der Waals surface area contributed by atoms with Gasteiger partial charge in [0.1, 0.15) is 22.9 Å². The molecule has 0 radical (unpaired) electrons. The molecule has 0 atom stereocenters. The number of amides is 1. The fourth-order valence-electron chi connectivity index (χ4n) is 4.26. The summed E-state index contributed by atoms with van der Waals surface area (Å²) in [5.74, 6) is 1.80. The van der Waals surface area contributed by atoms with Gasteiger partial charge < -0.3 is 29.4 Å². The van der Waals surface area contributed by atoms with E-state index in [1.54, 1.807) is 70.1 Å². The summed E-state index contributed by atoms with van der Waals surface area (Å²) in [6, 6.07) is 19.8. The second kappa shape index (κ2) is 11.6. The average Bonchev–Trinajstić information content (AvgIpc) is 2.99. The standard InChI is InChI=1S/C30H27N5O5/c1-31-22-12-14-35(18-19-7-5-4-6-8-19)30(37)28(22)29(36)34-27-10-9-20(17-33-27)40-24-11-13-32-23-16-26(39-3)25(38-2)15-21(23)24/h4-17,31H,18H2,1-3H3,(H,33,34,36). The molecule has 3 aromatic heterocycles. The summed E-state index contributed by atoms with van der Waals surface area (Å²) in [5, 5.41) is 6.37. The Morgan fingerprint density at radius 2 is 1.70 bits per heavy atom. The molecule has 10 heteroatoms. The van der Waals surface area contributed by atoms with Gasteiger partial charge in [0.15, 0.2) is 11.5 Å². The molecule has 2 aromatic carbocycles. The van der Waals surface area contributed by atoms with E-state index in [2.05, 4.69) is 20.6 Å². The van der Waals surface area contributed by atoms with E-state index in [-0.39, 0.29) is 11.4 Å². The highest BCUT2D eigenvalue weighted by molar-refractivity contribution is 6.07. The highest BCUT2D eigenvalue weighted by Gasteiger charge is 2.19. The molecule has 0 aliphatic rings. The summed E-state index contributed by atoms with van der Waals surface area (Å²) in [6.07, 6.45) is 4.78. The Labute approximate surface area is 230 Å². The average molecular weight is 538 g/mol. The van der Waals surface area contributed by atoms with E-state index in [9.17, 15) is 9.59 Å². The van der Waals surface area contributed by atoms with Crippen LogP contribution in [-0.2, 0) is 6.54 Å². The Hall–Kier alpha value is -5.38. The maximum atomic E-state index is 13.2. The number of pyridine rings is 3. The highest BCUT2D eigenvalue weighted by atomic mass is 16.5. The number of fused-ring (bicyclic) bond motifs is 1. The third kappa shape index (κ3) is 5.41. The first-order chi connectivity index (χ1) is 19.5. The Bertz CT molecular complexity index is 1720. The van der Waals surface area contributed by atoms with E-state index < -0.39 is 11.5 Å². The van der Waals surface area contributed by atoms with Gasteiger partial charge in [0, 0.05) is 30.9 Å². The first-order valence-electron chi connectivity index (χ1n) is 12.4. The van der Waals surface area contributed by atoms with Gasteiger partial charge in [0.05, 0.1) is 38.2 Å². The largest absolute Gasteiger partial charge is 0.493 e. The molecule has 0 fully saturated rings. The Balaban J connectivity index is 1.36. The predicted octanol–water partition coefficient (Wildman–Crippen LogP) is 4.94. The molecular formula is C30H27N5O5. The third-order valence-electron chi connectivity index (χ3n) is 6.27. The normalized spacial score (nSPS) is 10.7. The molecule has 40 heavy (non-hydrogen) atoms. The van der Waals surface area contributed by atoms with Crippen LogP contribution in [-0.4, -0.2) is 41.7 Å². The van der Waals surface area contributed by atoms with Crippen molar-refractivity contribution in [1.29, 1.82) is 0 Å². The van der Waals surface area contributed by atoms with Gasteiger partial charge in [0.25, 0.3) is 11.5 Å². The van der Waals surface area contributed by atoms with Gasteiger partial charge in [-0.15, -0.1) is 0 Å². The third-order valence-corrected chi connectivity index (χ3v) is 6.27. The Kier molecular flexibility index (Phi) is 7.58. The molecule has 10 nitrogen and oxygen atoms in total.